The molecule has 1 fully saturated rings. The van der Waals surface area contributed by atoms with Crippen molar-refractivity contribution < 1.29 is 0 Å². The second-order valence-electron chi connectivity index (χ2n) is 4.72. The second kappa shape index (κ2) is 5.45. The van der Waals surface area contributed by atoms with Gasteiger partial charge in [0.2, 0.25) is 0 Å². The first-order valence-corrected chi connectivity index (χ1v) is 6.49. The molecule has 0 amide bonds. The first-order valence-electron chi connectivity index (χ1n) is 6.49. The van der Waals surface area contributed by atoms with Crippen molar-refractivity contribution in [1.82, 2.24) is 15.3 Å². The van der Waals surface area contributed by atoms with Crippen LogP contribution in [-0.2, 0) is 0 Å². The van der Waals surface area contributed by atoms with Gasteiger partial charge in [0.1, 0.15) is 5.82 Å². The van der Waals surface area contributed by atoms with Crippen LogP contribution in [-0.4, -0.2) is 35.6 Å². The standard InChI is InChI=1S/C13H22N4/c1-4-14-12-5-7-17(8-6-12)13-9-15-10(2)11(3)16-13/h9,12,14H,4-8H2,1-3H3. The molecule has 1 saturated heterocycles. The summed E-state index contributed by atoms with van der Waals surface area (Å²) in [5.74, 6) is 1.03. The van der Waals surface area contributed by atoms with E-state index < -0.39 is 0 Å². The summed E-state index contributed by atoms with van der Waals surface area (Å²) in [7, 11) is 0. The lowest BCUT2D eigenvalue weighted by Crippen LogP contribution is -2.42. The van der Waals surface area contributed by atoms with Crippen LogP contribution >= 0.6 is 0 Å². The van der Waals surface area contributed by atoms with Crippen LogP contribution in [0.1, 0.15) is 31.2 Å². The summed E-state index contributed by atoms with van der Waals surface area (Å²) < 4.78 is 0. The summed E-state index contributed by atoms with van der Waals surface area (Å²) in [5, 5.41) is 3.51. The maximum Gasteiger partial charge on any atom is 0.147 e. The van der Waals surface area contributed by atoms with Crippen molar-refractivity contribution in [2.24, 2.45) is 0 Å². The molecule has 4 heteroatoms. The third-order valence-corrected chi connectivity index (χ3v) is 3.49. The third kappa shape index (κ3) is 2.94. The largest absolute Gasteiger partial charge is 0.355 e. The number of hydrogen-bond donors (Lipinski definition) is 1. The fourth-order valence-corrected chi connectivity index (χ4v) is 2.28. The molecule has 1 N–H and O–H groups in total. The van der Waals surface area contributed by atoms with Crippen molar-refractivity contribution in [3.8, 4) is 0 Å². The minimum absolute atomic E-state index is 0.677. The molecule has 0 saturated carbocycles. The topological polar surface area (TPSA) is 41.0 Å². The summed E-state index contributed by atoms with van der Waals surface area (Å²) in [4.78, 5) is 11.3. The molecule has 94 valence electrons. The van der Waals surface area contributed by atoms with Crippen molar-refractivity contribution in [1.29, 1.82) is 0 Å². The van der Waals surface area contributed by atoms with Crippen molar-refractivity contribution in [3.05, 3.63) is 17.6 Å². The van der Waals surface area contributed by atoms with Crippen LogP contribution < -0.4 is 10.2 Å². The van der Waals surface area contributed by atoms with Gasteiger partial charge in [-0.3, -0.25) is 4.98 Å². The van der Waals surface area contributed by atoms with Gasteiger partial charge >= 0.3 is 0 Å². The molecule has 0 spiro atoms. The van der Waals surface area contributed by atoms with Crippen LogP contribution in [0.2, 0.25) is 0 Å². The van der Waals surface area contributed by atoms with Crippen LogP contribution in [0.5, 0.6) is 0 Å². The zero-order valence-electron chi connectivity index (χ0n) is 11.0. The highest BCUT2D eigenvalue weighted by atomic mass is 15.2. The number of aryl methyl sites for hydroxylation is 2. The minimum Gasteiger partial charge on any atom is -0.355 e. The Morgan fingerprint density at radius 2 is 2.00 bits per heavy atom. The molecule has 0 aliphatic carbocycles. The second-order valence-corrected chi connectivity index (χ2v) is 4.72. The van der Waals surface area contributed by atoms with Crippen LogP contribution in [0.15, 0.2) is 6.20 Å². The monoisotopic (exact) mass is 234 g/mol. The summed E-state index contributed by atoms with van der Waals surface area (Å²) in [6.07, 6.45) is 4.29. The van der Waals surface area contributed by atoms with Gasteiger partial charge in [-0.15, -0.1) is 0 Å². The highest BCUT2D eigenvalue weighted by molar-refractivity contribution is 5.38. The van der Waals surface area contributed by atoms with E-state index in [4.69, 9.17) is 0 Å². The highest BCUT2D eigenvalue weighted by Gasteiger charge is 2.19. The number of aromatic nitrogens is 2. The van der Waals surface area contributed by atoms with Crippen LogP contribution in [0.3, 0.4) is 0 Å². The van der Waals surface area contributed by atoms with E-state index in [0.29, 0.717) is 6.04 Å². The molecule has 2 heterocycles. The summed E-state index contributed by atoms with van der Waals surface area (Å²) in [6, 6.07) is 0.677. The quantitative estimate of drug-likeness (QED) is 0.864. The van der Waals surface area contributed by atoms with Gasteiger partial charge in [-0.1, -0.05) is 6.92 Å². The molecular weight excluding hydrogens is 212 g/mol. The molecular formula is C13H22N4. The van der Waals surface area contributed by atoms with Crippen molar-refractivity contribution in [2.45, 2.75) is 39.7 Å². The Balaban J connectivity index is 1.98. The van der Waals surface area contributed by atoms with Gasteiger partial charge in [0.25, 0.3) is 0 Å². The van der Waals surface area contributed by atoms with Crippen molar-refractivity contribution >= 4 is 5.82 Å². The predicted molar refractivity (Wildman–Crippen MR) is 70.4 cm³/mol. The molecule has 1 aromatic rings. The van der Waals surface area contributed by atoms with E-state index in [2.05, 4.69) is 27.1 Å². The molecule has 0 atom stereocenters. The van der Waals surface area contributed by atoms with Crippen LogP contribution in [0.25, 0.3) is 0 Å². The van der Waals surface area contributed by atoms with Crippen LogP contribution in [0, 0.1) is 13.8 Å². The van der Waals surface area contributed by atoms with E-state index in [1.54, 1.807) is 0 Å². The average Bonchev–Trinajstić information content (AvgIpc) is 2.34. The first kappa shape index (κ1) is 12.3. The van der Waals surface area contributed by atoms with Gasteiger partial charge in [-0.2, -0.15) is 0 Å². The average molecular weight is 234 g/mol. The van der Waals surface area contributed by atoms with Gasteiger partial charge in [0, 0.05) is 19.1 Å². The Bertz CT molecular complexity index is 370. The molecule has 1 aliphatic heterocycles. The summed E-state index contributed by atoms with van der Waals surface area (Å²) in [6.45, 7) is 9.42. The number of anilines is 1. The van der Waals surface area contributed by atoms with Gasteiger partial charge in [0.05, 0.1) is 17.6 Å². The normalized spacial score (nSPS) is 17.5. The fourth-order valence-electron chi connectivity index (χ4n) is 2.28. The molecule has 0 unspecified atom stereocenters. The number of hydrogen-bond acceptors (Lipinski definition) is 4. The van der Waals surface area contributed by atoms with E-state index >= 15 is 0 Å². The third-order valence-electron chi connectivity index (χ3n) is 3.49. The number of nitrogens with zero attached hydrogens (tertiary/aromatic N) is 3. The molecule has 0 aromatic carbocycles. The smallest absolute Gasteiger partial charge is 0.147 e. The summed E-state index contributed by atoms with van der Waals surface area (Å²) in [5.41, 5.74) is 2.06. The lowest BCUT2D eigenvalue weighted by molar-refractivity contribution is 0.422. The first-order chi connectivity index (χ1) is 8.20. The lowest BCUT2D eigenvalue weighted by atomic mass is 10.1. The molecule has 0 bridgehead atoms. The van der Waals surface area contributed by atoms with E-state index in [-0.39, 0.29) is 0 Å². The van der Waals surface area contributed by atoms with Gasteiger partial charge < -0.3 is 10.2 Å². The van der Waals surface area contributed by atoms with Gasteiger partial charge in [-0.25, -0.2) is 4.98 Å². The Morgan fingerprint density at radius 3 is 2.59 bits per heavy atom. The molecule has 1 aromatic heterocycles. The van der Waals surface area contributed by atoms with Crippen LogP contribution in [0.4, 0.5) is 5.82 Å². The van der Waals surface area contributed by atoms with E-state index in [1.807, 2.05) is 20.0 Å². The number of piperidine rings is 1. The lowest BCUT2D eigenvalue weighted by Gasteiger charge is -2.33. The number of nitrogens with one attached hydrogen (secondary N) is 1. The SMILES string of the molecule is CCNC1CCN(c2cnc(C)c(C)n2)CC1. The Morgan fingerprint density at radius 1 is 1.29 bits per heavy atom. The zero-order valence-corrected chi connectivity index (χ0v) is 11.0. The minimum atomic E-state index is 0.677. The Hall–Kier alpha value is -1.16. The van der Waals surface area contributed by atoms with E-state index in [9.17, 15) is 0 Å². The number of rotatable bonds is 3. The maximum absolute atomic E-state index is 4.61. The predicted octanol–water partition coefficient (Wildman–Crippen LogP) is 1.67. The van der Waals surface area contributed by atoms with Crippen molar-refractivity contribution in [2.75, 3.05) is 24.5 Å². The molecule has 0 radical (unpaired) electrons. The van der Waals surface area contributed by atoms with Crippen molar-refractivity contribution in [3.63, 3.8) is 0 Å². The summed E-state index contributed by atoms with van der Waals surface area (Å²) >= 11 is 0. The Kier molecular flexibility index (Phi) is 3.94. The molecule has 2 rings (SSSR count). The zero-order chi connectivity index (χ0) is 12.3. The Labute approximate surface area is 103 Å². The van der Waals surface area contributed by atoms with Gasteiger partial charge in [-0.05, 0) is 33.2 Å². The highest BCUT2D eigenvalue weighted by Crippen LogP contribution is 2.18. The maximum atomic E-state index is 4.61. The molecule has 4 nitrogen and oxygen atoms in total. The van der Waals surface area contributed by atoms with E-state index in [0.717, 1.165) is 36.8 Å². The van der Waals surface area contributed by atoms with Gasteiger partial charge in [0.15, 0.2) is 0 Å². The molecule has 1 aliphatic rings. The van der Waals surface area contributed by atoms with E-state index in [1.165, 1.54) is 12.8 Å². The fraction of sp³-hybridized carbons (Fsp3) is 0.692. The molecule has 17 heavy (non-hydrogen) atoms.